The summed E-state index contributed by atoms with van der Waals surface area (Å²) in [4.78, 5) is 33.9. The van der Waals surface area contributed by atoms with Gasteiger partial charge in [0.1, 0.15) is 16.9 Å². The van der Waals surface area contributed by atoms with Gasteiger partial charge in [0.15, 0.2) is 11.3 Å². The number of aryl methyl sites for hydroxylation is 1. The van der Waals surface area contributed by atoms with Crippen LogP contribution in [0.2, 0.25) is 0 Å². The molecular weight excluding hydrogens is 437 g/mol. The van der Waals surface area contributed by atoms with E-state index in [4.69, 9.17) is 4.42 Å². The van der Waals surface area contributed by atoms with E-state index in [-0.39, 0.29) is 23.4 Å². The van der Waals surface area contributed by atoms with Crippen LogP contribution < -0.4 is 0 Å². The van der Waals surface area contributed by atoms with Gasteiger partial charge >= 0.3 is 0 Å². The number of fused-ring (bicyclic) bond motifs is 1. The number of hydrogen-bond acceptors (Lipinski definition) is 5. The molecule has 1 aliphatic heterocycles. The summed E-state index contributed by atoms with van der Waals surface area (Å²) in [7, 11) is 0. The topological polar surface area (TPSA) is 86.9 Å². The normalized spacial score (nSPS) is 16.2. The van der Waals surface area contributed by atoms with Gasteiger partial charge in [0.05, 0.1) is 11.2 Å². The maximum absolute atomic E-state index is 13.5. The molecule has 0 saturated carbocycles. The van der Waals surface area contributed by atoms with Crippen LogP contribution in [0.15, 0.2) is 40.8 Å². The quantitative estimate of drug-likeness (QED) is 0.626. The molecule has 1 aromatic carbocycles. The summed E-state index contributed by atoms with van der Waals surface area (Å²) in [6, 6.07) is 9.67. The average Bonchev–Trinajstić information content (AvgIpc) is 3.21. The lowest BCUT2D eigenvalue weighted by Gasteiger charge is -2.47. The van der Waals surface area contributed by atoms with Crippen molar-refractivity contribution in [2.24, 2.45) is 0 Å². The molecule has 0 spiro atoms. The predicted molar refractivity (Wildman–Crippen MR) is 127 cm³/mol. The van der Waals surface area contributed by atoms with E-state index in [0.717, 1.165) is 11.1 Å². The summed E-state index contributed by atoms with van der Waals surface area (Å²) in [5, 5.41) is 10.1. The number of amides is 2. The van der Waals surface area contributed by atoms with Gasteiger partial charge in [-0.3, -0.25) is 9.59 Å². The van der Waals surface area contributed by atoms with Gasteiger partial charge in [0.2, 0.25) is 0 Å². The van der Waals surface area contributed by atoms with Gasteiger partial charge < -0.3 is 19.3 Å². The fraction of sp³-hybridized carbons (Fsp3) is 0.423. The van der Waals surface area contributed by atoms with E-state index < -0.39 is 11.1 Å². The molecule has 0 atom stereocenters. The number of piperazine rings is 1. The number of benzene rings is 1. The molecule has 3 aromatic rings. The molecule has 0 radical (unpaired) electrons. The van der Waals surface area contributed by atoms with Crippen molar-refractivity contribution in [3.63, 3.8) is 0 Å². The highest BCUT2D eigenvalue weighted by Gasteiger charge is 2.42. The first-order valence-corrected chi connectivity index (χ1v) is 11.4. The summed E-state index contributed by atoms with van der Waals surface area (Å²) >= 11 is 0. The van der Waals surface area contributed by atoms with E-state index in [0.29, 0.717) is 42.8 Å². The third-order valence-electron chi connectivity index (χ3n) is 6.25. The van der Waals surface area contributed by atoms with Crippen LogP contribution in [-0.4, -0.2) is 62.5 Å². The monoisotopic (exact) mass is 467 g/mol. The molecule has 34 heavy (non-hydrogen) atoms. The van der Waals surface area contributed by atoms with Crippen LogP contribution in [0, 0.1) is 5.82 Å². The molecule has 1 N–H and O–H groups in total. The van der Waals surface area contributed by atoms with Crippen LogP contribution in [0.25, 0.3) is 22.4 Å². The van der Waals surface area contributed by atoms with Crippen molar-refractivity contribution in [3.8, 4) is 11.3 Å². The molecule has 4 rings (SSSR count). The lowest BCUT2D eigenvalue weighted by atomic mass is 9.96. The smallest absolute Gasteiger partial charge is 0.290 e. The Labute approximate surface area is 198 Å². The number of carbonyl (C=O) groups is 2. The number of hydrogen-bond donors (Lipinski definition) is 1. The lowest BCUT2D eigenvalue weighted by Crippen LogP contribution is -2.64. The number of carbonyl (C=O) groups excluding carboxylic acids is 2. The molecule has 0 bridgehead atoms. The fourth-order valence-corrected chi connectivity index (χ4v) is 4.45. The predicted octanol–water partition coefficient (Wildman–Crippen LogP) is 4.03. The molecular formula is C26H30FN3O4. The molecule has 8 heteroatoms. The van der Waals surface area contributed by atoms with Gasteiger partial charge in [0, 0.05) is 31.3 Å². The van der Waals surface area contributed by atoms with E-state index in [2.05, 4.69) is 4.98 Å². The molecule has 2 aromatic heterocycles. The van der Waals surface area contributed by atoms with E-state index in [9.17, 15) is 19.1 Å². The Morgan fingerprint density at radius 1 is 1.18 bits per heavy atom. The Morgan fingerprint density at radius 2 is 1.85 bits per heavy atom. The van der Waals surface area contributed by atoms with Crippen LogP contribution in [-0.2, 0) is 11.2 Å². The Balaban J connectivity index is 1.64. The van der Waals surface area contributed by atoms with E-state index in [1.165, 1.54) is 26.0 Å². The van der Waals surface area contributed by atoms with E-state index in [1.807, 2.05) is 26.8 Å². The third-order valence-corrected chi connectivity index (χ3v) is 6.25. The summed E-state index contributed by atoms with van der Waals surface area (Å²) in [6.45, 7) is 9.65. The molecule has 0 aliphatic carbocycles. The van der Waals surface area contributed by atoms with Crippen LogP contribution in [0.1, 0.15) is 50.7 Å². The van der Waals surface area contributed by atoms with Crippen molar-refractivity contribution >= 4 is 22.9 Å². The largest absolute Gasteiger partial charge is 0.449 e. The Bertz CT molecular complexity index is 1240. The minimum Gasteiger partial charge on any atom is -0.449 e. The number of pyridine rings is 1. The van der Waals surface area contributed by atoms with Gasteiger partial charge in [-0.25, -0.2) is 9.37 Å². The summed E-state index contributed by atoms with van der Waals surface area (Å²) in [5.74, 6) is -0.766. The molecule has 3 heterocycles. The van der Waals surface area contributed by atoms with Gasteiger partial charge in [-0.15, -0.1) is 0 Å². The maximum Gasteiger partial charge on any atom is 0.290 e. The fourth-order valence-electron chi connectivity index (χ4n) is 4.45. The highest BCUT2D eigenvalue weighted by atomic mass is 19.1. The first-order chi connectivity index (χ1) is 15.9. The third kappa shape index (κ3) is 4.42. The highest BCUT2D eigenvalue weighted by molar-refractivity contribution is 5.97. The number of aromatic nitrogens is 1. The first-order valence-electron chi connectivity index (χ1n) is 11.4. The second-order valence-corrected chi connectivity index (χ2v) is 9.91. The Morgan fingerprint density at radius 3 is 2.44 bits per heavy atom. The summed E-state index contributed by atoms with van der Waals surface area (Å²) in [6.07, 6.45) is 0.678. The van der Waals surface area contributed by atoms with Gasteiger partial charge in [-0.2, -0.15) is 0 Å². The zero-order valence-electron chi connectivity index (χ0n) is 20.2. The molecule has 180 valence electrons. The van der Waals surface area contributed by atoms with E-state index >= 15 is 0 Å². The lowest BCUT2D eigenvalue weighted by molar-refractivity contribution is -0.152. The van der Waals surface area contributed by atoms with Crippen LogP contribution in [0.3, 0.4) is 0 Å². The Kier molecular flexibility index (Phi) is 5.97. The molecule has 1 fully saturated rings. The second kappa shape index (κ2) is 8.51. The summed E-state index contributed by atoms with van der Waals surface area (Å²) < 4.78 is 19.4. The van der Waals surface area contributed by atoms with Crippen molar-refractivity contribution in [1.82, 2.24) is 14.8 Å². The van der Waals surface area contributed by atoms with Crippen LogP contribution in [0.4, 0.5) is 4.39 Å². The number of aliphatic hydroxyl groups is 1. The minimum absolute atomic E-state index is 0.184. The van der Waals surface area contributed by atoms with Crippen molar-refractivity contribution in [1.29, 1.82) is 0 Å². The molecule has 1 saturated heterocycles. The number of furan rings is 1. The second-order valence-electron chi connectivity index (χ2n) is 9.91. The number of nitrogens with zero attached hydrogens (tertiary/aromatic N) is 3. The van der Waals surface area contributed by atoms with Gasteiger partial charge in [0.25, 0.3) is 11.8 Å². The highest BCUT2D eigenvalue weighted by Crippen LogP contribution is 2.30. The molecule has 2 amide bonds. The standard InChI is InChI=1S/C26H30FN3O4/c1-6-16-13-19(17-7-9-18(27)10-8-17)28-20-14-21(34-22(16)20)23(31)30-12-11-29(15-25(30,2)3)24(32)26(4,5)33/h7-10,13-14,33H,6,11-12,15H2,1-5H3. The first kappa shape index (κ1) is 23.9. The van der Waals surface area contributed by atoms with Crippen molar-refractivity contribution in [2.75, 3.05) is 19.6 Å². The van der Waals surface area contributed by atoms with Gasteiger partial charge in [-0.1, -0.05) is 6.92 Å². The van der Waals surface area contributed by atoms with Crippen LogP contribution in [0.5, 0.6) is 0 Å². The maximum atomic E-state index is 13.5. The number of halogens is 1. The van der Waals surface area contributed by atoms with Gasteiger partial charge in [-0.05, 0) is 70.0 Å². The summed E-state index contributed by atoms with van der Waals surface area (Å²) in [5.41, 5.74) is 1.37. The minimum atomic E-state index is -1.47. The van der Waals surface area contributed by atoms with Crippen molar-refractivity contribution in [2.45, 2.75) is 52.2 Å². The SMILES string of the molecule is CCc1cc(-c2ccc(F)cc2)nc2cc(C(=O)N3CCN(C(=O)C(C)(C)O)CC3(C)C)oc12. The average molecular weight is 468 g/mol. The van der Waals surface area contributed by atoms with Crippen molar-refractivity contribution in [3.05, 3.63) is 53.5 Å². The molecule has 0 unspecified atom stereocenters. The van der Waals surface area contributed by atoms with Crippen molar-refractivity contribution < 1.29 is 23.5 Å². The Hall–Kier alpha value is -3.26. The molecule has 1 aliphatic rings. The molecule has 7 nitrogen and oxygen atoms in total. The zero-order valence-corrected chi connectivity index (χ0v) is 20.2. The van der Waals surface area contributed by atoms with E-state index in [1.54, 1.807) is 28.0 Å². The van der Waals surface area contributed by atoms with Crippen LogP contribution >= 0.6 is 0 Å². The number of rotatable bonds is 4. The zero-order chi connectivity index (χ0) is 24.8.